The minimum atomic E-state index is 0. The number of unbranched alkanes of at least 4 members (excludes halogenated alkanes) is 1. The molecule has 1 aromatic heterocycles. The Labute approximate surface area is 110 Å². The molecule has 0 fully saturated rings. The van der Waals surface area contributed by atoms with Crippen LogP contribution in [0.1, 0.15) is 25.3 Å². The van der Waals surface area contributed by atoms with Gasteiger partial charge in [0.1, 0.15) is 6.54 Å². The van der Waals surface area contributed by atoms with E-state index in [1.165, 1.54) is 18.4 Å². The van der Waals surface area contributed by atoms with E-state index in [9.17, 15) is 0 Å². The van der Waals surface area contributed by atoms with Crippen molar-refractivity contribution in [2.45, 2.75) is 33.2 Å². The Balaban J connectivity index is -0.000000403. The summed E-state index contributed by atoms with van der Waals surface area (Å²) in [5.74, 6) is 0. The van der Waals surface area contributed by atoms with E-state index in [4.69, 9.17) is 0 Å². The largest absolute Gasteiger partial charge is 3.00 e. The molecule has 0 aliphatic carbocycles. The Bertz CT molecular complexity index is 231. The summed E-state index contributed by atoms with van der Waals surface area (Å²) in [6.45, 7) is 5.50. The van der Waals surface area contributed by atoms with Gasteiger partial charge in [-0.2, -0.15) is 0 Å². The number of aryl methyl sites for hydroxylation is 2. The summed E-state index contributed by atoms with van der Waals surface area (Å²) >= 11 is 0. The molecule has 0 aromatic carbocycles. The first-order chi connectivity index (χ1) is 5.33. The first-order valence-electron chi connectivity index (χ1n) is 4.28. The van der Waals surface area contributed by atoms with Crippen LogP contribution in [0.2, 0.25) is 0 Å². The van der Waals surface area contributed by atoms with E-state index >= 15 is 0 Å². The Hall–Kier alpha value is 0.262. The normalized spacial score (nSPS) is 7.86. The van der Waals surface area contributed by atoms with Gasteiger partial charge in [0.2, 0.25) is 0 Å². The fourth-order valence-electron chi connectivity index (χ4n) is 1.13. The number of rotatable bonds is 3. The number of pyridine rings is 1. The minimum Gasteiger partial charge on any atom is -0.205 e. The number of hydrogen-bond acceptors (Lipinski definition) is 0. The van der Waals surface area contributed by atoms with Crippen LogP contribution in [-0.4, -0.2) is 17.4 Å². The average molecular weight is 250 g/mol. The quantitative estimate of drug-likeness (QED) is 0.573. The third kappa shape index (κ3) is 7.65. The molecule has 0 N–H and O–H groups in total. The molecule has 0 aliphatic rings. The van der Waals surface area contributed by atoms with E-state index in [0.717, 1.165) is 6.54 Å². The molecule has 14 heavy (non-hydrogen) atoms. The van der Waals surface area contributed by atoms with Gasteiger partial charge in [-0.05, 0) is 13.0 Å². The molecule has 0 spiro atoms. The maximum Gasteiger partial charge on any atom is 3.00 e. The van der Waals surface area contributed by atoms with Crippen LogP contribution in [-0.2, 0) is 6.54 Å². The van der Waals surface area contributed by atoms with Crippen molar-refractivity contribution in [2.24, 2.45) is 0 Å². The third-order valence-electron chi connectivity index (χ3n) is 1.78. The predicted molar refractivity (Wildman–Crippen MR) is 66.5 cm³/mol. The molecule has 0 saturated heterocycles. The standard InChI is InChI=1S/C10H16N.Al.2ClH/c1-3-4-7-11-8-5-6-10(2)9-11;;;/h5-6,8-9H,3-4,7H2,1-2H3;;2*1H/q+1;+3;;. The topological polar surface area (TPSA) is 3.88 Å². The predicted octanol–water partition coefficient (Wildman–Crippen LogP) is 2.55. The van der Waals surface area contributed by atoms with Crippen molar-refractivity contribution in [3.05, 3.63) is 30.1 Å². The van der Waals surface area contributed by atoms with Crippen LogP contribution in [0.4, 0.5) is 0 Å². The van der Waals surface area contributed by atoms with Gasteiger partial charge in [-0.1, -0.05) is 13.3 Å². The Kier molecular flexibility index (Phi) is 16.0. The molecule has 1 aromatic rings. The van der Waals surface area contributed by atoms with E-state index < -0.39 is 0 Å². The molecule has 76 valence electrons. The van der Waals surface area contributed by atoms with Crippen LogP contribution in [0, 0.1) is 6.92 Å². The summed E-state index contributed by atoms with van der Waals surface area (Å²) in [6, 6.07) is 4.23. The molecule has 0 aliphatic heterocycles. The second kappa shape index (κ2) is 11.3. The fourth-order valence-corrected chi connectivity index (χ4v) is 1.13. The van der Waals surface area contributed by atoms with Gasteiger partial charge >= 0.3 is 17.4 Å². The third-order valence-corrected chi connectivity index (χ3v) is 1.78. The summed E-state index contributed by atoms with van der Waals surface area (Å²) < 4.78 is 2.25. The Morgan fingerprint density at radius 1 is 1.29 bits per heavy atom. The zero-order valence-corrected chi connectivity index (χ0v) is 11.6. The number of aromatic nitrogens is 1. The van der Waals surface area contributed by atoms with Crippen molar-refractivity contribution in [1.29, 1.82) is 0 Å². The molecule has 0 saturated carbocycles. The van der Waals surface area contributed by atoms with Crippen LogP contribution in [0.5, 0.6) is 0 Å². The van der Waals surface area contributed by atoms with Gasteiger partial charge < -0.3 is 0 Å². The van der Waals surface area contributed by atoms with Crippen LogP contribution in [0.25, 0.3) is 0 Å². The van der Waals surface area contributed by atoms with Crippen molar-refractivity contribution in [3.8, 4) is 0 Å². The minimum absolute atomic E-state index is 0. The molecule has 1 rings (SSSR count). The summed E-state index contributed by atoms with van der Waals surface area (Å²) in [5.41, 5.74) is 1.34. The molecule has 1 nitrogen and oxygen atoms in total. The van der Waals surface area contributed by atoms with Gasteiger partial charge in [-0.3, -0.25) is 0 Å². The van der Waals surface area contributed by atoms with Gasteiger partial charge in [0, 0.05) is 18.1 Å². The molecule has 0 radical (unpaired) electrons. The van der Waals surface area contributed by atoms with Gasteiger partial charge in [-0.15, -0.1) is 24.8 Å². The summed E-state index contributed by atoms with van der Waals surface area (Å²) in [6.07, 6.45) is 6.85. The Morgan fingerprint density at radius 2 is 1.93 bits per heavy atom. The van der Waals surface area contributed by atoms with Crippen LogP contribution >= 0.6 is 24.8 Å². The second-order valence-corrected chi connectivity index (χ2v) is 2.97. The van der Waals surface area contributed by atoms with Crippen LogP contribution in [0.15, 0.2) is 24.5 Å². The SMILES string of the molecule is CCCC[n+]1cccc(C)c1.Cl.Cl.[Al+3]. The summed E-state index contributed by atoms with van der Waals surface area (Å²) in [4.78, 5) is 0. The zero-order valence-electron chi connectivity index (χ0n) is 8.77. The van der Waals surface area contributed by atoms with E-state index in [0.29, 0.717) is 0 Å². The van der Waals surface area contributed by atoms with Gasteiger partial charge in [0.15, 0.2) is 12.4 Å². The average Bonchev–Trinajstić information content (AvgIpc) is 2.01. The monoisotopic (exact) mass is 249 g/mol. The van der Waals surface area contributed by atoms with Gasteiger partial charge in [-0.25, -0.2) is 4.57 Å². The smallest absolute Gasteiger partial charge is 0.205 e. The molecule has 4 heteroatoms. The number of hydrogen-bond donors (Lipinski definition) is 0. The molecular formula is C10H18AlCl2N+4. The molecule has 0 amide bonds. The van der Waals surface area contributed by atoms with Crippen molar-refractivity contribution < 1.29 is 4.57 Å². The molecule has 0 unspecified atom stereocenters. The Morgan fingerprint density at radius 3 is 2.43 bits per heavy atom. The molecular weight excluding hydrogens is 232 g/mol. The van der Waals surface area contributed by atoms with Gasteiger partial charge in [0.05, 0.1) is 0 Å². The van der Waals surface area contributed by atoms with E-state index in [2.05, 4.69) is 42.9 Å². The molecule has 0 bridgehead atoms. The van der Waals surface area contributed by atoms with Gasteiger partial charge in [0.25, 0.3) is 0 Å². The zero-order chi connectivity index (χ0) is 8.10. The van der Waals surface area contributed by atoms with Crippen molar-refractivity contribution in [2.75, 3.05) is 0 Å². The fraction of sp³-hybridized carbons (Fsp3) is 0.500. The first-order valence-corrected chi connectivity index (χ1v) is 4.28. The first kappa shape index (κ1) is 19.8. The van der Waals surface area contributed by atoms with Crippen LogP contribution in [0.3, 0.4) is 0 Å². The second-order valence-electron chi connectivity index (χ2n) is 2.97. The number of halogens is 2. The van der Waals surface area contributed by atoms with E-state index in [1.54, 1.807) is 0 Å². The van der Waals surface area contributed by atoms with Crippen LogP contribution < -0.4 is 4.57 Å². The van der Waals surface area contributed by atoms with Crippen molar-refractivity contribution in [1.82, 2.24) is 0 Å². The molecule has 0 atom stereocenters. The summed E-state index contributed by atoms with van der Waals surface area (Å²) in [7, 11) is 0. The maximum atomic E-state index is 2.25. The van der Waals surface area contributed by atoms with Crippen molar-refractivity contribution in [3.63, 3.8) is 0 Å². The molecule has 1 heterocycles. The maximum absolute atomic E-state index is 2.25. The van der Waals surface area contributed by atoms with E-state index in [-0.39, 0.29) is 42.2 Å². The van der Waals surface area contributed by atoms with E-state index in [1.807, 2.05) is 0 Å². The van der Waals surface area contributed by atoms with Crippen molar-refractivity contribution >= 4 is 42.2 Å². The number of nitrogens with zero attached hydrogens (tertiary/aromatic N) is 1. The summed E-state index contributed by atoms with van der Waals surface area (Å²) in [5, 5.41) is 0.